The topological polar surface area (TPSA) is 43.3 Å². The number of benzene rings is 1. The van der Waals surface area contributed by atoms with Gasteiger partial charge < -0.3 is 14.6 Å². The van der Waals surface area contributed by atoms with Crippen molar-refractivity contribution >= 4 is 28.4 Å². The number of ether oxygens (including phenoxy) is 1. The minimum absolute atomic E-state index is 0.0997. The van der Waals surface area contributed by atoms with Crippen molar-refractivity contribution in [2.24, 2.45) is 0 Å². The minimum atomic E-state index is -0.0997. The van der Waals surface area contributed by atoms with Gasteiger partial charge in [-0.05, 0) is 25.1 Å². The maximum absolute atomic E-state index is 12.0. The van der Waals surface area contributed by atoms with E-state index in [1.165, 1.54) is 0 Å². The van der Waals surface area contributed by atoms with Crippen molar-refractivity contribution in [2.75, 3.05) is 13.7 Å². The van der Waals surface area contributed by atoms with E-state index < -0.39 is 0 Å². The summed E-state index contributed by atoms with van der Waals surface area (Å²) in [5, 5.41) is 4.44. The van der Waals surface area contributed by atoms with E-state index in [-0.39, 0.29) is 11.9 Å². The molecule has 94 valence electrons. The van der Waals surface area contributed by atoms with Crippen LogP contribution in [0, 0.1) is 0 Å². The molecule has 1 N–H and O–H groups in total. The number of hydrogen-bond acceptors (Lipinski definition) is 2. The highest BCUT2D eigenvalue weighted by molar-refractivity contribution is 6.31. The molecule has 3 rings (SSSR count). The number of halogens is 1. The van der Waals surface area contributed by atoms with E-state index in [4.69, 9.17) is 16.3 Å². The average Bonchev–Trinajstić information content (AvgIpc) is 2.68. The summed E-state index contributed by atoms with van der Waals surface area (Å²) in [5.41, 5.74) is 1.52. The molecule has 1 amide bonds. The molecule has 1 aromatic heterocycles. The fourth-order valence-electron chi connectivity index (χ4n) is 2.55. The Morgan fingerprint density at radius 2 is 2.28 bits per heavy atom. The third kappa shape index (κ3) is 1.42. The number of fused-ring (bicyclic) bond motifs is 3. The Labute approximate surface area is 109 Å². The molecule has 1 aromatic carbocycles. The highest BCUT2D eigenvalue weighted by Crippen LogP contribution is 2.38. The summed E-state index contributed by atoms with van der Waals surface area (Å²) >= 11 is 6.04. The van der Waals surface area contributed by atoms with Crippen LogP contribution in [0.4, 0.5) is 0 Å². The van der Waals surface area contributed by atoms with Crippen LogP contribution in [0.5, 0.6) is 5.75 Å². The summed E-state index contributed by atoms with van der Waals surface area (Å²) in [6.45, 7) is 2.67. The molecule has 18 heavy (non-hydrogen) atoms. The predicted octanol–water partition coefficient (Wildman–Crippen LogP) is 2.61. The number of carbonyl (C=O) groups excluding carboxylic acids is 1. The van der Waals surface area contributed by atoms with E-state index in [2.05, 4.69) is 12.2 Å². The van der Waals surface area contributed by atoms with Crippen molar-refractivity contribution in [1.29, 1.82) is 0 Å². The number of carbonyl (C=O) groups is 1. The first-order chi connectivity index (χ1) is 8.63. The molecule has 4 nitrogen and oxygen atoms in total. The molecule has 0 radical (unpaired) electrons. The largest absolute Gasteiger partial charge is 0.494 e. The normalized spacial score (nSPS) is 18.6. The van der Waals surface area contributed by atoms with Crippen LogP contribution >= 0.6 is 11.6 Å². The molecule has 1 aliphatic rings. The number of nitrogens with one attached hydrogen (secondary N) is 1. The SMILES string of the molecule is COc1c2n(c3cc(Cl)ccc13)[C@H](C)CNC2=O. The molecule has 0 saturated heterocycles. The highest BCUT2D eigenvalue weighted by Gasteiger charge is 2.29. The molecule has 0 unspecified atom stereocenters. The lowest BCUT2D eigenvalue weighted by Gasteiger charge is -2.24. The molecular weight excluding hydrogens is 252 g/mol. The Balaban J connectivity index is 2.45. The average molecular weight is 265 g/mol. The molecule has 0 aliphatic carbocycles. The molecule has 1 atom stereocenters. The second-order valence-corrected chi connectivity index (χ2v) is 4.91. The van der Waals surface area contributed by atoms with Crippen molar-refractivity contribution in [3.05, 3.63) is 28.9 Å². The Bertz CT molecular complexity index is 648. The summed E-state index contributed by atoms with van der Waals surface area (Å²) in [5.74, 6) is 0.517. The first kappa shape index (κ1) is 11.4. The van der Waals surface area contributed by atoms with Crippen molar-refractivity contribution in [3.63, 3.8) is 0 Å². The van der Waals surface area contributed by atoms with Crippen molar-refractivity contribution in [2.45, 2.75) is 13.0 Å². The first-order valence-electron chi connectivity index (χ1n) is 5.79. The standard InChI is InChI=1S/C13H13ClN2O2/c1-7-6-15-13(17)11-12(18-2)9-4-3-8(14)5-10(9)16(7)11/h3-5,7H,6H2,1-2H3,(H,15,17)/t7-/m1/s1. The number of rotatable bonds is 1. The Morgan fingerprint density at radius 1 is 1.50 bits per heavy atom. The second-order valence-electron chi connectivity index (χ2n) is 4.47. The lowest BCUT2D eigenvalue weighted by Crippen LogP contribution is -2.37. The number of nitrogens with zero attached hydrogens (tertiary/aromatic N) is 1. The van der Waals surface area contributed by atoms with Crippen molar-refractivity contribution in [1.82, 2.24) is 9.88 Å². The molecule has 1 aliphatic heterocycles. The molecule has 0 bridgehead atoms. The van der Waals surface area contributed by atoms with Crippen LogP contribution in [0.15, 0.2) is 18.2 Å². The zero-order valence-corrected chi connectivity index (χ0v) is 10.9. The smallest absolute Gasteiger partial charge is 0.271 e. The van der Waals surface area contributed by atoms with E-state index in [0.717, 1.165) is 10.9 Å². The second kappa shape index (κ2) is 3.92. The summed E-state index contributed by atoms with van der Waals surface area (Å²) in [4.78, 5) is 12.0. The summed E-state index contributed by atoms with van der Waals surface area (Å²) in [6, 6.07) is 5.75. The maximum Gasteiger partial charge on any atom is 0.271 e. The predicted molar refractivity (Wildman–Crippen MR) is 70.5 cm³/mol. The van der Waals surface area contributed by atoms with Gasteiger partial charge >= 0.3 is 0 Å². The molecule has 5 heteroatoms. The number of hydrogen-bond donors (Lipinski definition) is 1. The van der Waals surface area contributed by atoms with E-state index in [9.17, 15) is 4.79 Å². The summed E-state index contributed by atoms with van der Waals surface area (Å²) < 4.78 is 7.40. The van der Waals surface area contributed by atoms with Gasteiger partial charge in [-0.2, -0.15) is 0 Å². The zero-order valence-electron chi connectivity index (χ0n) is 10.2. The van der Waals surface area contributed by atoms with Gasteiger partial charge in [-0.15, -0.1) is 0 Å². The van der Waals surface area contributed by atoms with Crippen LogP contribution in [0.2, 0.25) is 5.02 Å². The van der Waals surface area contributed by atoms with Crippen LogP contribution in [-0.4, -0.2) is 24.1 Å². The highest BCUT2D eigenvalue weighted by atomic mass is 35.5. The van der Waals surface area contributed by atoms with Crippen molar-refractivity contribution < 1.29 is 9.53 Å². The molecule has 0 saturated carbocycles. The first-order valence-corrected chi connectivity index (χ1v) is 6.17. The molecule has 2 heterocycles. The van der Waals surface area contributed by atoms with Crippen LogP contribution < -0.4 is 10.1 Å². The van der Waals surface area contributed by atoms with Gasteiger partial charge in [0, 0.05) is 23.0 Å². The lowest BCUT2D eigenvalue weighted by atomic mass is 10.2. The van der Waals surface area contributed by atoms with Gasteiger partial charge in [-0.1, -0.05) is 11.6 Å². The van der Waals surface area contributed by atoms with E-state index >= 15 is 0 Å². The van der Waals surface area contributed by atoms with Gasteiger partial charge in [-0.3, -0.25) is 4.79 Å². The van der Waals surface area contributed by atoms with E-state index in [1.54, 1.807) is 13.2 Å². The molecule has 0 spiro atoms. The molecular formula is C13H13ClN2O2. The Hall–Kier alpha value is -1.68. The third-order valence-electron chi connectivity index (χ3n) is 3.34. The Kier molecular flexibility index (Phi) is 2.48. The summed E-state index contributed by atoms with van der Waals surface area (Å²) in [7, 11) is 1.58. The van der Waals surface area contributed by atoms with Gasteiger partial charge in [0.25, 0.3) is 5.91 Å². The monoisotopic (exact) mass is 264 g/mol. The fraction of sp³-hybridized carbons (Fsp3) is 0.308. The maximum atomic E-state index is 12.0. The van der Waals surface area contributed by atoms with Crippen molar-refractivity contribution in [3.8, 4) is 5.75 Å². The van der Waals surface area contributed by atoms with Gasteiger partial charge in [0.05, 0.1) is 12.6 Å². The minimum Gasteiger partial charge on any atom is -0.494 e. The van der Waals surface area contributed by atoms with E-state index in [1.807, 2.05) is 16.7 Å². The quantitative estimate of drug-likeness (QED) is 0.860. The number of methoxy groups -OCH3 is 1. The van der Waals surface area contributed by atoms with Crippen LogP contribution in [0.3, 0.4) is 0 Å². The third-order valence-corrected chi connectivity index (χ3v) is 3.57. The van der Waals surface area contributed by atoms with E-state index in [0.29, 0.717) is 23.0 Å². The van der Waals surface area contributed by atoms with Gasteiger partial charge in [0.15, 0.2) is 11.4 Å². The van der Waals surface area contributed by atoms with Crippen LogP contribution in [0.1, 0.15) is 23.5 Å². The summed E-state index contributed by atoms with van der Waals surface area (Å²) in [6.07, 6.45) is 0. The van der Waals surface area contributed by atoms with Gasteiger partial charge in [0.1, 0.15) is 0 Å². The number of aromatic nitrogens is 1. The van der Waals surface area contributed by atoms with Gasteiger partial charge in [0.2, 0.25) is 0 Å². The molecule has 0 fully saturated rings. The van der Waals surface area contributed by atoms with Crippen LogP contribution in [0.25, 0.3) is 10.9 Å². The zero-order chi connectivity index (χ0) is 12.9. The molecule has 2 aromatic rings. The Morgan fingerprint density at radius 3 is 3.00 bits per heavy atom. The van der Waals surface area contributed by atoms with Crippen LogP contribution in [-0.2, 0) is 0 Å². The van der Waals surface area contributed by atoms with Gasteiger partial charge in [-0.25, -0.2) is 0 Å². The lowest BCUT2D eigenvalue weighted by molar-refractivity contribution is 0.0915. The number of amides is 1. The fourth-order valence-corrected chi connectivity index (χ4v) is 2.71.